The fraction of sp³-hybridized carbons (Fsp3) is 0.909. The maximum Gasteiger partial charge on any atom is 0.236 e. The van der Waals surface area contributed by atoms with Gasteiger partial charge in [-0.2, -0.15) is 0 Å². The second-order valence-electron chi connectivity index (χ2n) is 4.09. The molecule has 1 fully saturated rings. The molecule has 1 aliphatic rings. The second-order valence-corrected chi connectivity index (χ2v) is 4.09. The van der Waals surface area contributed by atoms with Gasteiger partial charge in [0.1, 0.15) is 0 Å². The molecule has 1 saturated heterocycles. The zero-order valence-corrected chi connectivity index (χ0v) is 10.2. The van der Waals surface area contributed by atoms with Crippen LogP contribution in [0.4, 0.5) is 0 Å². The minimum absolute atomic E-state index is 0.146. The summed E-state index contributed by atoms with van der Waals surface area (Å²) >= 11 is 0. The first-order valence-electron chi connectivity index (χ1n) is 5.88. The van der Waals surface area contributed by atoms with Crippen molar-refractivity contribution in [1.82, 2.24) is 10.2 Å². The molecule has 5 heteroatoms. The molecule has 1 heterocycles. The minimum Gasteiger partial charge on any atom is -0.378 e. The van der Waals surface area contributed by atoms with Gasteiger partial charge in [0.05, 0.1) is 32.5 Å². The molecule has 0 radical (unpaired) electrons. The van der Waals surface area contributed by atoms with Crippen LogP contribution < -0.4 is 5.32 Å². The van der Waals surface area contributed by atoms with Gasteiger partial charge in [-0.1, -0.05) is 0 Å². The Kier molecular flexibility index (Phi) is 6.37. The summed E-state index contributed by atoms with van der Waals surface area (Å²) < 4.78 is 10.5. The number of nitrogens with one attached hydrogen (secondary N) is 1. The van der Waals surface area contributed by atoms with Crippen LogP contribution >= 0.6 is 0 Å². The summed E-state index contributed by atoms with van der Waals surface area (Å²) in [7, 11) is 0. The molecule has 94 valence electrons. The predicted octanol–water partition coefficient (Wildman–Crippen LogP) is -0.140. The van der Waals surface area contributed by atoms with Crippen LogP contribution in [0, 0.1) is 0 Å². The van der Waals surface area contributed by atoms with Gasteiger partial charge in [0.2, 0.25) is 5.91 Å². The number of ether oxygens (including phenoxy) is 2. The first kappa shape index (κ1) is 13.4. The zero-order valence-electron chi connectivity index (χ0n) is 10.2. The maximum absolute atomic E-state index is 11.7. The van der Waals surface area contributed by atoms with Gasteiger partial charge in [-0.3, -0.25) is 4.79 Å². The van der Waals surface area contributed by atoms with Crippen LogP contribution in [0.1, 0.15) is 13.8 Å². The monoisotopic (exact) mass is 230 g/mol. The number of rotatable bonds is 6. The van der Waals surface area contributed by atoms with E-state index in [1.165, 1.54) is 0 Å². The summed E-state index contributed by atoms with van der Waals surface area (Å²) in [6, 6.07) is 0. The van der Waals surface area contributed by atoms with Crippen molar-refractivity contribution in [3.05, 3.63) is 0 Å². The van der Waals surface area contributed by atoms with E-state index in [-0.39, 0.29) is 12.0 Å². The van der Waals surface area contributed by atoms with E-state index in [0.717, 1.165) is 0 Å². The molecule has 0 unspecified atom stereocenters. The van der Waals surface area contributed by atoms with Crippen LogP contribution in [0.2, 0.25) is 0 Å². The van der Waals surface area contributed by atoms with E-state index in [0.29, 0.717) is 46.0 Å². The Labute approximate surface area is 97.1 Å². The second kappa shape index (κ2) is 7.60. The molecule has 0 aliphatic carbocycles. The Hall–Kier alpha value is -0.650. The van der Waals surface area contributed by atoms with Crippen LogP contribution in [-0.2, 0) is 14.3 Å². The van der Waals surface area contributed by atoms with Gasteiger partial charge in [0, 0.05) is 19.6 Å². The van der Waals surface area contributed by atoms with Gasteiger partial charge in [0.15, 0.2) is 0 Å². The summed E-state index contributed by atoms with van der Waals surface area (Å²) in [5, 5.41) is 3.08. The molecule has 0 spiro atoms. The van der Waals surface area contributed by atoms with Gasteiger partial charge in [-0.05, 0) is 13.8 Å². The van der Waals surface area contributed by atoms with E-state index in [9.17, 15) is 4.79 Å². The molecule has 1 aliphatic heterocycles. The van der Waals surface area contributed by atoms with Crippen molar-refractivity contribution >= 4 is 5.91 Å². The number of carbonyl (C=O) groups is 1. The lowest BCUT2D eigenvalue weighted by Crippen LogP contribution is -2.45. The molecule has 0 aromatic carbocycles. The van der Waals surface area contributed by atoms with E-state index in [4.69, 9.17) is 9.47 Å². The van der Waals surface area contributed by atoms with Crippen LogP contribution in [0.15, 0.2) is 0 Å². The third kappa shape index (κ3) is 5.44. The summed E-state index contributed by atoms with van der Waals surface area (Å²) in [5.74, 6) is 0.146. The normalized spacial score (nSPS) is 16.8. The molecule has 0 atom stereocenters. The van der Waals surface area contributed by atoms with E-state index in [1.807, 2.05) is 18.7 Å². The highest BCUT2D eigenvalue weighted by molar-refractivity contribution is 5.78. The van der Waals surface area contributed by atoms with Crippen LogP contribution in [-0.4, -0.2) is 62.9 Å². The third-order valence-electron chi connectivity index (χ3n) is 2.37. The van der Waals surface area contributed by atoms with Crippen molar-refractivity contribution < 1.29 is 14.3 Å². The van der Waals surface area contributed by atoms with Crippen molar-refractivity contribution in [2.45, 2.75) is 20.0 Å². The molecular formula is C11H22N2O3. The first-order valence-corrected chi connectivity index (χ1v) is 5.88. The average Bonchev–Trinajstić information content (AvgIpc) is 2.29. The van der Waals surface area contributed by atoms with Gasteiger partial charge >= 0.3 is 0 Å². The van der Waals surface area contributed by atoms with Crippen molar-refractivity contribution in [2.24, 2.45) is 0 Å². The number of nitrogens with zero attached hydrogens (tertiary/aromatic N) is 1. The smallest absolute Gasteiger partial charge is 0.236 e. The fourth-order valence-corrected chi connectivity index (χ4v) is 1.49. The Bertz CT molecular complexity index is 203. The lowest BCUT2D eigenvalue weighted by molar-refractivity contribution is -0.134. The number of morpholine rings is 1. The zero-order chi connectivity index (χ0) is 11.8. The summed E-state index contributed by atoms with van der Waals surface area (Å²) in [5.41, 5.74) is 0. The Balaban J connectivity index is 2.01. The topological polar surface area (TPSA) is 50.8 Å². The van der Waals surface area contributed by atoms with Gasteiger partial charge in [0.25, 0.3) is 0 Å². The van der Waals surface area contributed by atoms with E-state index in [1.54, 1.807) is 0 Å². The van der Waals surface area contributed by atoms with Crippen LogP contribution in [0.5, 0.6) is 0 Å². The van der Waals surface area contributed by atoms with E-state index >= 15 is 0 Å². The molecule has 1 amide bonds. The predicted molar refractivity (Wildman–Crippen MR) is 61.4 cm³/mol. The number of hydrogen-bond donors (Lipinski definition) is 1. The molecule has 16 heavy (non-hydrogen) atoms. The quantitative estimate of drug-likeness (QED) is 0.645. The van der Waals surface area contributed by atoms with Gasteiger partial charge in [-0.25, -0.2) is 0 Å². The fourth-order valence-electron chi connectivity index (χ4n) is 1.49. The van der Waals surface area contributed by atoms with E-state index in [2.05, 4.69) is 5.32 Å². The van der Waals surface area contributed by atoms with Crippen LogP contribution in [0.3, 0.4) is 0 Å². The molecule has 0 saturated carbocycles. The Morgan fingerprint density at radius 3 is 2.75 bits per heavy atom. The largest absolute Gasteiger partial charge is 0.378 e. The Morgan fingerprint density at radius 1 is 1.44 bits per heavy atom. The molecular weight excluding hydrogens is 208 g/mol. The molecule has 0 aromatic rings. The SMILES string of the molecule is CC(C)OCCNCC(=O)N1CCOCC1. The summed E-state index contributed by atoms with van der Waals surface area (Å²) in [6.45, 7) is 8.48. The highest BCUT2D eigenvalue weighted by Crippen LogP contribution is 1.96. The van der Waals surface area contributed by atoms with Crippen molar-refractivity contribution in [1.29, 1.82) is 0 Å². The van der Waals surface area contributed by atoms with Crippen molar-refractivity contribution in [3.63, 3.8) is 0 Å². The highest BCUT2D eigenvalue weighted by atomic mass is 16.5. The molecule has 1 N–H and O–H groups in total. The standard InChI is InChI=1S/C11H22N2O3/c1-10(2)16-6-3-12-9-11(14)13-4-7-15-8-5-13/h10,12H,3-9H2,1-2H3. The van der Waals surface area contributed by atoms with Gasteiger partial charge in [-0.15, -0.1) is 0 Å². The van der Waals surface area contributed by atoms with Crippen molar-refractivity contribution in [3.8, 4) is 0 Å². The third-order valence-corrected chi connectivity index (χ3v) is 2.37. The lowest BCUT2D eigenvalue weighted by atomic mass is 10.4. The average molecular weight is 230 g/mol. The lowest BCUT2D eigenvalue weighted by Gasteiger charge is -2.26. The number of carbonyl (C=O) groups excluding carboxylic acids is 1. The van der Waals surface area contributed by atoms with E-state index < -0.39 is 0 Å². The minimum atomic E-state index is 0.146. The number of hydrogen-bond acceptors (Lipinski definition) is 4. The summed E-state index contributed by atoms with van der Waals surface area (Å²) in [6.07, 6.45) is 0.247. The summed E-state index contributed by atoms with van der Waals surface area (Å²) in [4.78, 5) is 13.5. The molecule has 0 bridgehead atoms. The van der Waals surface area contributed by atoms with Crippen molar-refractivity contribution in [2.75, 3.05) is 46.0 Å². The highest BCUT2D eigenvalue weighted by Gasteiger charge is 2.15. The number of amides is 1. The molecule has 0 aromatic heterocycles. The molecule has 1 rings (SSSR count). The van der Waals surface area contributed by atoms with Gasteiger partial charge < -0.3 is 19.7 Å². The molecule has 5 nitrogen and oxygen atoms in total. The first-order chi connectivity index (χ1) is 7.70. The van der Waals surface area contributed by atoms with Crippen LogP contribution in [0.25, 0.3) is 0 Å². The Morgan fingerprint density at radius 2 is 2.12 bits per heavy atom. The maximum atomic E-state index is 11.7.